The smallest absolute Gasteiger partial charge is 0.0929 e. The summed E-state index contributed by atoms with van der Waals surface area (Å²) in [4.78, 5) is 3.07. The summed E-state index contributed by atoms with van der Waals surface area (Å²) in [6, 6.07) is 0. The largest absolute Gasteiger partial charge is 0.385 e. The third-order valence-corrected chi connectivity index (χ3v) is 3.49. The van der Waals surface area contributed by atoms with E-state index in [1.807, 2.05) is 6.20 Å². The van der Waals surface area contributed by atoms with Crippen LogP contribution < -0.4 is 5.73 Å². The Kier molecular flexibility index (Phi) is 2.21. The third kappa shape index (κ3) is 1.33. The van der Waals surface area contributed by atoms with Crippen LogP contribution in [0.5, 0.6) is 0 Å². The summed E-state index contributed by atoms with van der Waals surface area (Å²) in [6.07, 6.45) is 4.24. The summed E-state index contributed by atoms with van der Waals surface area (Å²) in [5, 5.41) is 10.2. The first-order valence-electron chi connectivity index (χ1n) is 4.46. The van der Waals surface area contributed by atoms with Gasteiger partial charge in [-0.1, -0.05) is 0 Å². The molecular formula is C9H13BrN2O. The summed E-state index contributed by atoms with van der Waals surface area (Å²) in [5.74, 6) is 0. The van der Waals surface area contributed by atoms with Crippen LogP contribution in [0.1, 0.15) is 24.0 Å². The highest BCUT2D eigenvalue weighted by Gasteiger charge is 2.37. The number of nitrogens with two attached hydrogens (primary N) is 1. The van der Waals surface area contributed by atoms with Crippen molar-refractivity contribution in [2.75, 3.05) is 6.54 Å². The number of hydrogen-bond donors (Lipinski definition) is 3. The molecule has 0 radical (unpaired) electrons. The van der Waals surface area contributed by atoms with E-state index < -0.39 is 5.60 Å². The van der Waals surface area contributed by atoms with Gasteiger partial charge in [0.15, 0.2) is 0 Å². The van der Waals surface area contributed by atoms with Crippen LogP contribution in [-0.2, 0) is 12.0 Å². The molecule has 4 N–H and O–H groups in total. The molecule has 1 aromatic rings. The van der Waals surface area contributed by atoms with Crippen LogP contribution in [0.25, 0.3) is 0 Å². The molecule has 1 aliphatic rings. The number of aliphatic hydroxyl groups is 1. The molecule has 1 atom stereocenters. The Bertz CT molecular complexity index is 323. The van der Waals surface area contributed by atoms with Crippen molar-refractivity contribution in [3.05, 3.63) is 21.9 Å². The summed E-state index contributed by atoms with van der Waals surface area (Å²) in [5.41, 5.74) is 7.01. The Labute approximate surface area is 85.5 Å². The number of aromatic amines is 1. The fourth-order valence-electron chi connectivity index (χ4n) is 2.05. The van der Waals surface area contributed by atoms with E-state index in [1.54, 1.807) is 0 Å². The lowest BCUT2D eigenvalue weighted by molar-refractivity contribution is 0.0319. The van der Waals surface area contributed by atoms with Crippen molar-refractivity contribution >= 4 is 15.9 Å². The molecular weight excluding hydrogens is 232 g/mol. The van der Waals surface area contributed by atoms with Crippen molar-refractivity contribution < 1.29 is 5.11 Å². The lowest BCUT2D eigenvalue weighted by Gasteiger charge is -2.21. The SMILES string of the molecule is NCCC1(O)CCc2c1c[nH]c2Br. The Hall–Kier alpha value is -0.320. The first-order chi connectivity index (χ1) is 6.17. The van der Waals surface area contributed by atoms with Crippen molar-refractivity contribution in [2.45, 2.75) is 24.9 Å². The molecule has 2 rings (SSSR count). The molecule has 0 saturated carbocycles. The molecule has 4 heteroatoms. The van der Waals surface area contributed by atoms with Crippen LogP contribution in [0.2, 0.25) is 0 Å². The van der Waals surface area contributed by atoms with Gasteiger partial charge in [0.1, 0.15) is 0 Å². The highest BCUT2D eigenvalue weighted by Crippen LogP contribution is 2.41. The monoisotopic (exact) mass is 244 g/mol. The molecule has 0 aromatic carbocycles. The van der Waals surface area contributed by atoms with E-state index in [4.69, 9.17) is 5.73 Å². The fraction of sp³-hybridized carbons (Fsp3) is 0.556. The second kappa shape index (κ2) is 3.12. The molecule has 72 valence electrons. The topological polar surface area (TPSA) is 62.0 Å². The number of nitrogens with one attached hydrogen (secondary N) is 1. The minimum atomic E-state index is -0.688. The Morgan fingerprint density at radius 2 is 2.46 bits per heavy atom. The number of fused-ring (bicyclic) bond motifs is 1. The quantitative estimate of drug-likeness (QED) is 0.734. The molecule has 0 saturated heterocycles. The summed E-state index contributed by atoms with van der Waals surface area (Å²) < 4.78 is 0.996. The van der Waals surface area contributed by atoms with E-state index >= 15 is 0 Å². The summed E-state index contributed by atoms with van der Waals surface area (Å²) >= 11 is 3.42. The molecule has 0 spiro atoms. The molecule has 0 fully saturated rings. The van der Waals surface area contributed by atoms with Gasteiger partial charge in [-0.05, 0) is 47.3 Å². The zero-order valence-corrected chi connectivity index (χ0v) is 8.89. The summed E-state index contributed by atoms with van der Waals surface area (Å²) in [7, 11) is 0. The second-order valence-electron chi connectivity index (χ2n) is 3.57. The van der Waals surface area contributed by atoms with E-state index in [-0.39, 0.29) is 0 Å². The van der Waals surface area contributed by atoms with Gasteiger partial charge in [-0.3, -0.25) is 0 Å². The van der Waals surface area contributed by atoms with Gasteiger partial charge in [-0.15, -0.1) is 0 Å². The minimum absolute atomic E-state index is 0.527. The Balaban J connectivity index is 2.37. The maximum Gasteiger partial charge on any atom is 0.0929 e. The zero-order valence-electron chi connectivity index (χ0n) is 7.31. The molecule has 1 aromatic heterocycles. The molecule has 13 heavy (non-hydrogen) atoms. The van der Waals surface area contributed by atoms with Gasteiger partial charge in [0, 0.05) is 11.8 Å². The summed E-state index contributed by atoms with van der Waals surface area (Å²) in [6.45, 7) is 0.527. The maximum atomic E-state index is 10.2. The molecule has 0 amide bonds. The first-order valence-corrected chi connectivity index (χ1v) is 5.25. The highest BCUT2D eigenvalue weighted by molar-refractivity contribution is 9.10. The van der Waals surface area contributed by atoms with Gasteiger partial charge in [-0.2, -0.15) is 0 Å². The lowest BCUT2D eigenvalue weighted by atomic mass is 9.94. The van der Waals surface area contributed by atoms with E-state index in [0.717, 1.165) is 23.0 Å². The number of halogens is 1. The van der Waals surface area contributed by atoms with Gasteiger partial charge in [0.2, 0.25) is 0 Å². The second-order valence-corrected chi connectivity index (χ2v) is 4.36. The van der Waals surface area contributed by atoms with Crippen LogP contribution in [0.15, 0.2) is 10.8 Å². The maximum absolute atomic E-state index is 10.2. The van der Waals surface area contributed by atoms with Crippen LogP contribution in [-0.4, -0.2) is 16.6 Å². The van der Waals surface area contributed by atoms with Gasteiger partial charge in [-0.25, -0.2) is 0 Å². The molecule has 3 nitrogen and oxygen atoms in total. The molecule has 1 aliphatic carbocycles. The van der Waals surface area contributed by atoms with Gasteiger partial charge >= 0.3 is 0 Å². The van der Waals surface area contributed by atoms with Crippen molar-refractivity contribution in [3.63, 3.8) is 0 Å². The van der Waals surface area contributed by atoms with Crippen LogP contribution in [0.4, 0.5) is 0 Å². The van der Waals surface area contributed by atoms with E-state index in [0.29, 0.717) is 13.0 Å². The molecule has 0 aliphatic heterocycles. The van der Waals surface area contributed by atoms with E-state index in [2.05, 4.69) is 20.9 Å². The van der Waals surface area contributed by atoms with E-state index in [9.17, 15) is 5.11 Å². The standard InChI is InChI=1S/C9H13BrN2O/c10-8-6-1-2-9(13,3-4-11)7(6)5-12-8/h5,12-13H,1-4,11H2. The van der Waals surface area contributed by atoms with Gasteiger partial charge in [0.05, 0.1) is 10.2 Å². The molecule has 1 heterocycles. The predicted molar refractivity (Wildman–Crippen MR) is 54.4 cm³/mol. The average Bonchev–Trinajstić information content (AvgIpc) is 2.58. The van der Waals surface area contributed by atoms with Crippen molar-refractivity contribution in [1.82, 2.24) is 4.98 Å². The number of H-pyrrole nitrogens is 1. The number of hydrogen-bond acceptors (Lipinski definition) is 2. The van der Waals surface area contributed by atoms with E-state index in [1.165, 1.54) is 5.56 Å². The van der Waals surface area contributed by atoms with Gasteiger partial charge in [0.25, 0.3) is 0 Å². The highest BCUT2D eigenvalue weighted by atomic mass is 79.9. The van der Waals surface area contributed by atoms with Gasteiger partial charge < -0.3 is 15.8 Å². The van der Waals surface area contributed by atoms with Crippen molar-refractivity contribution in [3.8, 4) is 0 Å². The first kappa shape index (κ1) is 9.24. The Morgan fingerprint density at radius 3 is 3.15 bits per heavy atom. The minimum Gasteiger partial charge on any atom is -0.385 e. The van der Waals surface area contributed by atoms with Crippen molar-refractivity contribution in [2.24, 2.45) is 5.73 Å². The average molecular weight is 245 g/mol. The normalized spacial score (nSPS) is 26.4. The number of aromatic nitrogens is 1. The van der Waals surface area contributed by atoms with Crippen molar-refractivity contribution in [1.29, 1.82) is 0 Å². The van der Waals surface area contributed by atoms with Crippen LogP contribution in [0, 0.1) is 0 Å². The molecule has 1 unspecified atom stereocenters. The fourth-order valence-corrected chi connectivity index (χ4v) is 2.58. The van der Waals surface area contributed by atoms with Crippen LogP contribution >= 0.6 is 15.9 Å². The lowest BCUT2D eigenvalue weighted by Crippen LogP contribution is -2.25. The zero-order chi connectivity index (χ0) is 9.47. The third-order valence-electron chi connectivity index (χ3n) is 2.78. The van der Waals surface area contributed by atoms with Crippen LogP contribution in [0.3, 0.4) is 0 Å². The number of rotatable bonds is 2. The molecule has 0 bridgehead atoms. The Morgan fingerprint density at radius 1 is 1.69 bits per heavy atom. The predicted octanol–water partition coefficient (Wildman–Crippen LogP) is 1.26.